The van der Waals surface area contributed by atoms with E-state index < -0.39 is 0 Å². The van der Waals surface area contributed by atoms with Crippen molar-refractivity contribution >= 4 is 6.41 Å². The molecule has 0 rings (SSSR count). The number of rotatable bonds is 4. The second kappa shape index (κ2) is 4.36. The third-order valence-corrected chi connectivity index (χ3v) is 1.48. The number of hydrogen-bond acceptors (Lipinski definition) is 1. The van der Waals surface area contributed by atoms with Gasteiger partial charge in [0.2, 0.25) is 6.41 Å². The van der Waals surface area contributed by atoms with Gasteiger partial charge in [0, 0.05) is 13.6 Å². The SMILES string of the molecule is CCC(C)CN(C)C=O. The number of carbonyl (C=O) groups excluding carboxylic acids is 1. The zero-order valence-electron chi connectivity index (χ0n) is 6.42. The summed E-state index contributed by atoms with van der Waals surface area (Å²) in [5.74, 6) is 0.625. The first-order valence-electron chi connectivity index (χ1n) is 3.36. The largest absolute Gasteiger partial charge is 0.348 e. The maximum absolute atomic E-state index is 10.1. The summed E-state index contributed by atoms with van der Waals surface area (Å²) in [6.07, 6.45) is 2.00. The topological polar surface area (TPSA) is 20.3 Å². The van der Waals surface area contributed by atoms with E-state index in [0.29, 0.717) is 5.92 Å². The predicted octanol–water partition coefficient (Wildman–Crippen LogP) is 1.12. The van der Waals surface area contributed by atoms with Gasteiger partial charge in [-0.05, 0) is 5.92 Å². The molecule has 1 amide bonds. The molecule has 1 unspecified atom stereocenters. The van der Waals surface area contributed by atoms with Crippen LogP contribution in [0.1, 0.15) is 20.3 Å². The number of amides is 1. The first-order chi connectivity index (χ1) is 4.20. The van der Waals surface area contributed by atoms with Gasteiger partial charge < -0.3 is 4.90 Å². The van der Waals surface area contributed by atoms with E-state index in [1.807, 2.05) is 0 Å². The summed E-state index contributed by atoms with van der Waals surface area (Å²) >= 11 is 0. The zero-order chi connectivity index (χ0) is 7.28. The third kappa shape index (κ3) is 4.01. The summed E-state index contributed by atoms with van der Waals surface area (Å²) < 4.78 is 0. The Morgan fingerprint density at radius 1 is 1.67 bits per heavy atom. The lowest BCUT2D eigenvalue weighted by molar-refractivity contribution is -0.117. The molecule has 0 aliphatic heterocycles. The molecule has 54 valence electrons. The van der Waals surface area contributed by atoms with Gasteiger partial charge in [-0.25, -0.2) is 0 Å². The van der Waals surface area contributed by atoms with Crippen molar-refractivity contribution in [1.82, 2.24) is 4.90 Å². The maximum Gasteiger partial charge on any atom is 0.209 e. The first kappa shape index (κ1) is 8.47. The van der Waals surface area contributed by atoms with Crippen molar-refractivity contribution < 1.29 is 4.79 Å². The van der Waals surface area contributed by atoms with Crippen LogP contribution < -0.4 is 0 Å². The average molecular weight is 129 g/mol. The van der Waals surface area contributed by atoms with Crippen molar-refractivity contribution in [2.75, 3.05) is 13.6 Å². The van der Waals surface area contributed by atoms with Gasteiger partial charge in [0.15, 0.2) is 0 Å². The van der Waals surface area contributed by atoms with Crippen LogP contribution in [-0.2, 0) is 4.79 Å². The molecule has 1 atom stereocenters. The van der Waals surface area contributed by atoms with Crippen molar-refractivity contribution in [2.45, 2.75) is 20.3 Å². The van der Waals surface area contributed by atoms with Gasteiger partial charge in [-0.2, -0.15) is 0 Å². The highest BCUT2D eigenvalue weighted by atomic mass is 16.1. The molecule has 0 heterocycles. The van der Waals surface area contributed by atoms with Crippen molar-refractivity contribution in [3.63, 3.8) is 0 Å². The van der Waals surface area contributed by atoms with Crippen molar-refractivity contribution in [2.24, 2.45) is 5.92 Å². The number of nitrogens with zero attached hydrogens (tertiary/aromatic N) is 1. The van der Waals surface area contributed by atoms with Crippen LogP contribution in [0.4, 0.5) is 0 Å². The van der Waals surface area contributed by atoms with Crippen LogP contribution in [0.5, 0.6) is 0 Å². The molecule has 0 saturated heterocycles. The van der Waals surface area contributed by atoms with Crippen LogP contribution >= 0.6 is 0 Å². The van der Waals surface area contributed by atoms with Crippen LogP contribution in [0.3, 0.4) is 0 Å². The van der Waals surface area contributed by atoms with Crippen LogP contribution in [-0.4, -0.2) is 24.9 Å². The van der Waals surface area contributed by atoms with E-state index >= 15 is 0 Å². The highest BCUT2D eigenvalue weighted by Crippen LogP contribution is 2.00. The summed E-state index contributed by atoms with van der Waals surface area (Å²) in [6, 6.07) is 0. The molecular formula is C7H15NO. The summed E-state index contributed by atoms with van der Waals surface area (Å²) in [5, 5.41) is 0. The molecular weight excluding hydrogens is 114 g/mol. The fraction of sp³-hybridized carbons (Fsp3) is 0.857. The monoisotopic (exact) mass is 129 g/mol. The maximum atomic E-state index is 10.1. The molecule has 2 nitrogen and oxygen atoms in total. The fourth-order valence-corrected chi connectivity index (χ4v) is 0.664. The Hall–Kier alpha value is -0.530. The second-order valence-electron chi connectivity index (χ2n) is 2.56. The van der Waals surface area contributed by atoms with E-state index in [1.54, 1.807) is 11.9 Å². The molecule has 0 aliphatic carbocycles. The zero-order valence-corrected chi connectivity index (χ0v) is 6.42. The van der Waals surface area contributed by atoms with E-state index in [0.717, 1.165) is 19.4 Å². The fourth-order valence-electron chi connectivity index (χ4n) is 0.664. The lowest BCUT2D eigenvalue weighted by Gasteiger charge is -2.14. The van der Waals surface area contributed by atoms with E-state index in [2.05, 4.69) is 13.8 Å². The number of hydrogen-bond donors (Lipinski definition) is 0. The molecule has 2 heteroatoms. The predicted molar refractivity (Wildman–Crippen MR) is 38.1 cm³/mol. The van der Waals surface area contributed by atoms with Gasteiger partial charge in [-0.15, -0.1) is 0 Å². The highest BCUT2D eigenvalue weighted by Gasteiger charge is 1.99. The molecule has 0 aromatic carbocycles. The van der Waals surface area contributed by atoms with E-state index in [4.69, 9.17) is 0 Å². The molecule has 0 aromatic heterocycles. The summed E-state index contributed by atoms with van der Waals surface area (Å²) in [4.78, 5) is 11.8. The Labute approximate surface area is 56.9 Å². The van der Waals surface area contributed by atoms with Crippen molar-refractivity contribution in [1.29, 1.82) is 0 Å². The average Bonchev–Trinajstić information content (AvgIpc) is 1.87. The second-order valence-corrected chi connectivity index (χ2v) is 2.56. The molecule has 0 spiro atoms. The van der Waals surface area contributed by atoms with Crippen LogP contribution in [0, 0.1) is 5.92 Å². The van der Waals surface area contributed by atoms with Gasteiger partial charge in [0.25, 0.3) is 0 Å². The van der Waals surface area contributed by atoms with Crippen molar-refractivity contribution in [3.05, 3.63) is 0 Å². The van der Waals surface area contributed by atoms with E-state index in [9.17, 15) is 4.79 Å². The molecule has 9 heavy (non-hydrogen) atoms. The summed E-state index contributed by atoms with van der Waals surface area (Å²) in [6.45, 7) is 5.14. The Morgan fingerprint density at radius 3 is 2.56 bits per heavy atom. The molecule has 0 aliphatic rings. The normalized spacial score (nSPS) is 12.8. The Bertz CT molecular complexity index is 83.0. The first-order valence-corrected chi connectivity index (χ1v) is 3.36. The van der Waals surface area contributed by atoms with Gasteiger partial charge in [0.1, 0.15) is 0 Å². The Balaban J connectivity index is 3.33. The quantitative estimate of drug-likeness (QED) is 0.521. The molecule has 0 fully saturated rings. The number of carbonyl (C=O) groups is 1. The molecule has 0 N–H and O–H groups in total. The minimum Gasteiger partial charge on any atom is -0.348 e. The Morgan fingerprint density at radius 2 is 2.22 bits per heavy atom. The molecule has 0 radical (unpaired) electrons. The molecule has 0 saturated carbocycles. The minimum atomic E-state index is 0.625. The Kier molecular flexibility index (Phi) is 4.10. The van der Waals surface area contributed by atoms with E-state index in [1.165, 1.54) is 0 Å². The van der Waals surface area contributed by atoms with Crippen LogP contribution in [0.2, 0.25) is 0 Å². The van der Waals surface area contributed by atoms with Crippen molar-refractivity contribution in [3.8, 4) is 0 Å². The smallest absolute Gasteiger partial charge is 0.209 e. The van der Waals surface area contributed by atoms with Gasteiger partial charge >= 0.3 is 0 Å². The summed E-state index contributed by atoms with van der Waals surface area (Å²) in [5.41, 5.74) is 0. The lowest BCUT2D eigenvalue weighted by atomic mass is 10.1. The van der Waals surface area contributed by atoms with Crippen LogP contribution in [0.15, 0.2) is 0 Å². The third-order valence-electron chi connectivity index (χ3n) is 1.48. The van der Waals surface area contributed by atoms with Gasteiger partial charge in [-0.3, -0.25) is 4.79 Å². The van der Waals surface area contributed by atoms with E-state index in [-0.39, 0.29) is 0 Å². The summed E-state index contributed by atoms with van der Waals surface area (Å²) in [7, 11) is 1.80. The molecule has 0 aromatic rings. The van der Waals surface area contributed by atoms with Gasteiger partial charge in [0.05, 0.1) is 0 Å². The van der Waals surface area contributed by atoms with Gasteiger partial charge in [-0.1, -0.05) is 20.3 Å². The minimum absolute atomic E-state index is 0.625. The highest BCUT2D eigenvalue weighted by molar-refractivity contribution is 5.46. The van der Waals surface area contributed by atoms with Crippen LogP contribution in [0.25, 0.3) is 0 Å². The molecule has 0 bridgehead atoms. The standard InChI is InChI=1S/C7H15NO/c1-4-7(2)5-8(3)6-9/h6-7H,4-5H2,1-3H3. The lowest BCUT2D eigenvalue weighted by Crippen LogP contribution is -2.22.